The number of nitrogens with one attached hydrogen (secondary N) is 1. The first-order valence-corrected chi connectivity index (χ1v) is 7.89. The zero-order valence-electron chi connectivity index (χ0n) is 13.7. The van der Waals surface area contributed by atoms with Gasteiger partial charge in [-0.2, -0.15) is 0 Å². The van der Waals surface area contributed by atoms with Gasteiger partial charge in [-0.1, -0.05) is 30.3 Å². The van der Waals surface area contributed by atoms with Gasteiger partial charge in [0, 0.05) is 36.3 Å². The summed E-state index contributed by atoms with van der Waals surface area (Å²) in [5.74, 6) is 0.792. The van der Waals surface area contributed by atoms with Crippen LogP contribution in [0.4, 0.5) is 0 Å². The van der Waals surface area contributed by atoms with E-state index < -0.39 is 0 Å². The lowest BCUT2D eigenvalue weighted by atomic mass is 9.96. The van der Waals surface area contributed by atoms with E-state index in [2.05, 4.69) is 22.0 Å². The Morgan fingerprint density at radius 1 is 1.08 bits per heavy atom. The Bertz CT molecular complexity index is 965. The Labute approximate surface area is 140 Å². The van der Waals surface area contributed by atoms with Crippen molar-refractivity contribution < 1.29 is 9.53 Å². The van der Waals surface area contributed by atoms with E-state index in [1.807, 2.05) is 49.6 Å². The lowest BCUT2D eigenvalue weighted by Crippen LogP contribution is -2.16. The van der Waals surface area contributed by atoms with E-state index in [1.165, 1.54) is 0 Å². The average molecular weight is 318 g/mol. The van der Waals surface area contributed by atoms with E-state index in [1.54, 1.807) is 7.11 Å². The zero-order chi connectivity index (χ0) is 16.7. The Balaban J connectivity index is 1.93. The summed E-state index contributed by atoms with van der Waals surface area (Å²) in [6.45, 7) is 0.545. The molecule has 4 nitrogen and oxygen atoms in total. The Morgan fingerprint density at radius 2 is 1.83 bits per heavy atom. The zero-order valence-corrected chi connectivity index (χ0v) is 13.7. The number of hydrogen-bond donors (Lipinski definition) is 1. The van der Waals surface area contributed by atoms with Crippen molar-refractivity contribution in [3.05, 3.63) is 65.9 Å². The first kappa shape index (κ1) is 14.6. The number of aromatic nitrogens is 1. The molecule has 1 aliphatic heterocycles. The lowest BCUT2D eigenvalue weighted by Gasteiger charge is -2.06. The van der Waals surface area contributed by atoms with Crippen LogP contribution in [-0.4, -0.2) is 24.1 Å². The Morgan fingerprint density at radius 3 is 2.58 bits per heavy atom. The molecular weight excluding hydrogens is 300 g/mol. The molecule has 4 heteroatoms. The number of ether oxygens (including phenoxy) is 1. The summed E-state index contributed by atoms with van der Waals surface area (Å²) in [7, 11) is 3.66. The molecule has 24 heavy (non-hydrogen) atoms. The second-order valence-corrected chi connectivity index (χ2v) is 5.94. The molecule has 0 fully saturated rings. The van der Waals surface area contributed by atoms with Gasteiger partial charge >= 0.3 is 0 Å². The number of carbonyl (C=O) groups is 1. The third-order valence-corrected chi connectivity index (χ3v) is 4.56. The number of fused-ring (bicyclic) bond motifs is 1. The average Bonchev–Trinajstić information content (AvgIpc) is 3.15. The van der Waals surface area contributed by atoms with Gasteiger partial charge in [0.2, 0.25) is 0 Å². The first-order valence-electron chi connectivity index (χ1n) is 7.89. The number of carbonyl (C=O) groups excluding carboxylic acids is 1. The van der Waals surface area contributed by atoms with Crippen molar-refractivity contribution in [2.45, 2.75) is 0 Å². The fourth-order valence-electron chi connectivity index (χ4n) is 3.35. The summed E-state index contributed by atoms with van der Waals surface area (Å²) in [6, 6.07) is 16.0. The maximum absolute atomic E-state index is 12.5. The number of methoxy groups -OCH3 is 1. The van der Waals surface area contributed by atoms with E-state index in [-0.39, 0.29) is 5.91 Å². The largest absolute Gasteiger partial charge is 0.497 e. The van der Waals surface area contributed by atoms with Crippen molar-refractivity contribution in [2.24, 2.45) is 7.05 Å². The maximum Gasteiger partial charge on any atom is 0.252 e. The molecule has 0 bridgehead atoms. The predicted molar refractivity (Wildman–Crippen MR) is 95.7 cm³/mol. The highest BCUT2D eigenvalue weighted by Crippen LogP contribution is 2.35. The molecule has 2 aromatic carbocycles. The summed E-state index contributed by atoms with van der Waals surface area (Å²) >= 11 is 0. The van der Waals surface area contributed by atoms with Crippen molar-refractivity contribution in [2.75, 3.05) is 13.7 Å². The minimum Gasteiger partial charge on any atom is -0.497 e. The number of aryl methyl sites for hydroxylation is 1. The van der Waals surface area contributed by atoms with Crippen LogP contribution < -0.4 is 10.1 Å². The van der Waals surface area contributed by atoms with E-state index in [9.17, 15) is 4.79 Å². The highest BCUT2D eigenvalue weighted by molar-refractivity contribution is 6.32. The van der Waals surface area contributed by atoms with Crippen LogP contribution in [0.3, 0.4) is 0 Å². The molecule has 0 spiro atoms. The standard InChI is InChI=1S/C20H18N2O2/c1-22-12-17(15-5-3-4-6-18(15)22)19-16(11-21-20(19)23)13-7-9-14(24-2)10-8-13/h3-10,12H,11H2,1-2H3,(H,21,23). The van der Waals surface area contributed by atoms with Crippen LogP contribution in [0, 0.1) is 0 Å². The first-order chi connectivity index (χ1) is 11.7. The number of hydrogen-bond acceptors (Lipinski definition) is 2. The highest BCUT2D eigenvalue weighted by atomic mass is 16.5. The van der Waals surface area contributed by atoms with Crippen molar-refractivity contribution in [3.8, 4) is 5.75 Å². The molecule has 0 unspecified atom stereocenters. The van der Waals surface area contributed by atoms with Gasteiger partial charge < -0.3 is 14.6 Å². The number of benzene rings is 2. The molecule has 0 aliphatic carbocycles. The van der Waals surface area contributed by atoms with Crippen LogP contribution in [0.15, 0.2) is 54.7 Å². The van der Waals surface area contributed by atoms with Crippen LogP contribution in [0.25, 0.3) is 22.0 Å². The molecule has 0 atom stereocenters. The van der Waals surface area contributed by atoms with Gasteiger partial charge in [0.05, 0.1) is 12.7 Å². The van der Waals surface area contributed by atoms with Crippen LogP contribution >= 0.6 is 0 Å². The van der Waals surface area contributed by atoms with Gasteiger partial charge in [-0.3, -0.25) is 4.79 Å². The summed E-state index contributed by atoms with van der Waals surface area (Å²) in [5, 5.41) is 4.06. The summed E-state index contributed by atoms with van der Waals surface area (Å²) in [6.07, 6.45) is 2.04. The lowest BCUT2D eigenvalue weighted by molar-refractivity contribution is -0.114. The monoisotopic (exact) mass is 318 g/mol. The second kappa shape index (κ2) is 5.57. The predicted octanol–water partition coefficient (Wildman–Crippen LogP) is 3.23. The van der Waals surface area contributed by atoms with Crippen LogP contribution in [0.2, 0.25) is 0 Å². The van der Waals surface area contributed by atoms with Crippen molar-refractivity contribution in [1.82, 2.24) is 9.88 Å². The van der Waals surface area contributed by atoms with Gasteiger partial charge in [0.25, 0.3) is 5.91 Å². The molecule has 2 heterocycles. The van der Waals surface area contributed by atoms with Crippen LogP contribution in [0.5, 0.6) is 5.75 Å². The quantitative estimate of drug-likeness (QED) is 0.806. The smallest absolute Gasteiger partial charge is 0.252 e. The molecule has 1 aliphatic rings. The van der Waals surface area contributed by atoms with Gasteiger partial charge in [0.15, 0.2) is 0 Å². The molecule has 120 valence electrons. The Kier molecular flexibility index (Phi) is 3.38. The fraction of sp³-hybridized carbons (Fsp3) is 0.150. The fourth-order valence-corrected chi connectivity index (χ4v) is 3.35. The van der Waals surface area contributed by atoms with Crippen molar-refractivity contribution in [3.63, 3.8) is 0 Å². The van der Waals surface area contributed by atoms with Gasteiger partial charge in [-0.05, 0) is 29.3 Å². The van der Waals surface area contributed by atoms with Gasteiger partial charge in [-0.25, -0.2) is 0 Å². The van der Waals surface area contributed by atoms with E-state index in [4.69, 9.17) is 4.74 Å². The highest BCUT2D eigenvalue weighted by Gasteiger charge is 2.27. The minimum atomic E-state index is -0.0165. The number of rotatable bonds is 3. The van der Waals surface area contributed by atoms with E-state index in [0.29, 0.717) is 6.54 Å². The molecule has 0 saturated carbocycles. The van der Waals surface area contributed by atoms with E-state index >= 15 is 0 Å². The van der Waals surface area contributed by atoms with Gasteiger partial charge in [-0.15, -0.1) is 0 Å². The molecule has 1 aromatic heterocycles. The Hall–Kier alpha value is -3.01. The summed E-state index contributed by atoms with van der Waals surface area (Å²) in [4.78, 5) is 12.5. The van der Waals surface area contributed by atoms with Crippen molar-refractivity contribution >= 4 is 28.0 Å². The molecule has 0 radical (unpaired) electrons. The van der Waals surface area contributed by atoms with Crippen LogP contribution in [-0.2, 0) is 11.8 Å². The SMILES string of the molecule is COc1ccc(C2=C(c3cn(C)c4ccccc34)C(=O)NC2)cc1. The molecule has 0 saturated heterocycles. The maximum atomic E-state index is 12.5. The van der Waals surface area contributed by atoms with E-state index in [0.717, 1.165) is 38.9 Å². The summed E-state index contributed by atoms with van der Waals surface area (Å²) < 4.78 is 7.29. The summed E-state index contributed by atoms with van der Waals surface area (Å²) in [5.41, 5.74) is 4.93. The molecule has 1 N–H and O–H groups in total. The van der Waals surface area contributed by atoms with Gasteiger partial charge in [0.1, 0.15) is 5.75 Å². The minimum absolute atomic E-state index is 0.0165. The van der Waals surface area contributed by atoms with Crippen molar-refractivity contribution in [1.29, 1.82) is 0 Å². The second-order valence-electron chi connectivity index (χ2n) is 5.94. The molecule has 4 rings (SSSR count). The molecule has 1 amide bonds. The van der Waals surface area contributed by atoms with Crippen LogP contribution in [0.1, 0.15) is 11.1 Å². The molecule has 3 aromatic rings. The third kappa shape index (κ3) is 2.19. The normalized spacial score (nSPS) is 14.3. The number of amides is 1. The number of para-hydroxylation sites is 1. The molecular formula is C20H18N2O2. The number of nitrogens with zero attached hydrogens (tertiary/aromatic N) is 1. The topological polar surface area (TPSA) is 43.3 Å². The third-order valence-electron chi connectivity index (χ3n) is 4.56.